The minimum absolute atomic E-state index is 0.345. The smallest absolute Gasteiger partial charge is 0.254 e. The van der Waals surface area contributed by atoms with E-state index in [9.17, 15) is 4.79 Å². The third-order valence-corrected chi connectivity index (χ3v) is 3.06. The molecule has 7 heteroatoms. The largest absolute Gasteiger partial charge is 0.471 e. The second kappa shape index (κ2) is 7.10. The fourth-order valence-corrected chi connectivity index (χ4v) is 1.80. The first-order valence-corrected chi connectivity index (χ1v) is 6.78. The zero-order valence-electron chi connectivity index (χ0n) is 11.5. The number of nitrogens with zero attached hydrogens (tertiary/aromatic N) is 1. The van der Waals surface area contributed by atoms with Crippen molar-refractivity contribution in [2.75, 3.05) is 0 Å². The lowest BCUT2D eigenvalue weighted by Gasteiger charge is -2.06. The molecule has 0 spiro atoms. The van der Waals surface area contributed by atoms with Crippen LogP contribution in [0, 0.1) is 0 Å². The molecule has 1 aromatic heterocycles. The molecule has 1 amide bonds. The van der Waals surface area contributed by atoms with E-state index >= 15 is 0 Å². The number of hydrogen-bond donors (Lipinski definition) is 2. The van der Waals surface area contributed by atoms with Crippen LogP contribution >= 0.6 is 11.6 Å². The first kappa shape index (κ1) is 15.3. The molecule has 6 nitrogen and oxygen atoms in total. The van der Waals surface area contributed by atoms with Crippen molar-refractivity contribution in [3.05, 3.63) is 46.7 Å². The van der Waals surface area contributed by atoms with Crippen molar-refractivity contribution >= 4 is 17.5 Å². The van der Waals surface area contributed by atoms with Crippen LogP contribution in [0.15, 0.2) is 34.9 Å². The maximum absolute atomic E-state index is 10.9. The maximum Gasteiger partial charge on any atom is 0.254 e. The summed E-state index contributed by atoms with van der Waals surface area (Å²) in [5, 5.41) is 7.36. The van der Waals surface area contributed by atoms with Gasteiger partial charge in [-0.1, -0.05) is 23.7 Å². The maximum atomic E-state index is 10.9. The summed E-state index contributed by atoms with van der Waals surface area (Å²) in [5.74, 6) is 0.509. The van der Waals surface area contributed by atoms with Crippen molar-refractivity contribution in [1.29, 1.82) is 0 Å². The summed E-state index contributed by atoms with van der Waals surface area (Å²) in [5.41, 5.74) is 6.08. The zero-order chi connectivity index (χ0) is 15.2. The summed E-state index contributed by atoms with van der Waals surface area (Å²) in [7, 11) is 0. The summed E-state index contributed by atoms with van der Waals surface area (Å²) >= 11 is 5.89. The van der Waals surface area contributed by atoms with Gasteiger partial charge in [-0.25, -0.2) is 0 Å². The molecular weight excluding hydrogens is 294 g/mol. The Hall–Kier alpha value is -2.05. The van der Waals surface area contributed by atoms with E-state index in [4.69, 9.17) is 26.6 Å². The van der Waals surface area contributed by atoms with Crippen LogP contribution in [0.1, 0.15) is 18.2 Å². The van der Waals surface area contributed by atoms with Crippen LogP contribution in [0.25, 0.3) is 0 Å². The van der Waals surface area contributed by atoms with E-state index < -0.39 is 11.9 Å². The highest BCUT2D eigenvalue weighted by Gasteiger charge is 2.10. The van der Waals surface area contributed by atoms with Gasteiger partial charge >= 0.3 is 0 Å². The number of halogens is 1. The van der Waals surface area contributed by atoms with E-state index in [2.05, 4.69) is 10.5 Å². The summed E-state index contributed by atoms with van der Waals surface area (Å²) in [4.78, 5) is 10.9. The predicted molar refractivity (Wildman–Crippen MR) is 77.8 cm³/mol. The van der Waals surface area contributed by atoms with Crippen LogP contribution in [0.4, 0.5) is 0 Å². The molecule has 112 valence electrons. The minimum atomic E-state index is -0.439. The molecule has 0 unspecified atom stereocenters. The molecule has 0 fully saturated rings. The Labute approximate surface area is 127 Å². The van der Waals surface area contributed by atoms with Gasteiger partial charge in [0.2, 0.25) is 5.91 Å². The molecule has 0 aliphatic carbocycles. The van der Waals surface area contributed by atoms with Gasteiger partial charge in [0.05, 0.1) is 12.6 Å². The van der Waals surface area contributed by atoms with Gasteiger partial charge in [-0.2, -0.15) is 0 Å². The average molecular weight is 310 g/mol. The molecule has 0 saturated carbocycles. The second-order valence-electron chi connectivity index (χ2n) is 4.56. The van der Waals surface area contributed by atoms with Crippen LogP contribution in [-0.2, 0) is 17.9 Å². The van der Waals surface area contributed by atoms with Crippen LogP contribution in [0.5, 0.6) is 5.88 Å². The Balaban J connectivity index is 1.84. The first-order chi connectivity index (χ1) is 10.0. The van der Waals surface area contributed by atoms with Gasteiger partial charge in [-0.05, 0) is 29.8 Å². The summed E-state index contributed by atoms with van der Waals surface area (Å²) in [6, 6.07) is 8.59. The number of carbonyl (C=O) groups excluding carboxylic acids is 1. The van der Waals surface area contributed by atoms with Gasteiger partial charge in [0.15, 0.2) is 5.76 Å². The summed E-state index contributed by atoms with van der Waals surface area (Å²) < 4.78 is 10.6. The Morgan fingerprint density at radius 1 is 1.52 bits per heavy atom. The van der Waals surface area contributed by atoms with Gasteiger partial charge in [0, 0.05) is 11.1 Å². The Morgan fingerprint density at radius 2 is 2.33 bits per heavy atom. The van der Waals surface area contributed by atoms with E-state index in [0.29, 0.717) is 29.8 Å². The lowest BCUT2D eigenvalue weighted by atomic mass is 10.2. The molecule has 21 heavy (non-hydrogen) atoms. The number of ether oxygens (including phenoxy) is 1. The number of carbonyl (C=O) groups is 1. The number of rotatable bonds is 7. The van der Waals surface area contributed by atoms with E-state index in [1.54, 1.807) is 19.1 Å². The average Bonchev–Trinajstić information content (AvgIpc) is 2.90. The van der Waals surface area contributed by atoms with E-state index in [0.717, 1.165) is 5.56 Å². The van der Waals surface area contributed by atoms with Crippen molar-refractivity contribution in [2.45, 2.75) is 26.1 Å². The highest BCUT2D eigenvalue weighted by atomic mass is 35.5. The van der Waals surface area contributed by atoms with Crippen molar-refractivity contribution in [2.24, 2.45) is 5.73 Å². The van der Waals surface area contributed by atoms with Gasteiger partial charge < -0.3 is 15.0 Å². The van der Waals surface area contributed by atoms with Crippen LogP contribution in [0.2, 0.25) is 5.02 Å². The van der Waals surface area contributed by atoms with Crippen LogP contribution in [-0.4, -0.2) is 17.1 Å². The molecule has 0 saturated heterocycles. The van der Waals surface area contributed by atoms with Gasteiger partial charge in [-0.15, -0.1) is 0 Å². The molecule has 2 aromatic rings. The lowest BCUT2D eigenvalue weighted by Crippen LogP contribution is -2.38. The standard InChI is InChI=1S/C14H16ClN3O3/c1-9(14(16)19)17-7-12-6-13(18-21-12)20-8-10-3-2-4-11(15)5-10/h2-6,9,17H,7-8H2,1H3,(H2,16,19)/t9-/m0/s1. The van der Waals surface area contributed by atoms with Crippen molar-refractivity contribution in [3.63, 3.8) is 0 Å². The Morgan fingerprint density at radius 3 is 3.05 bits per heavy atom. The fourth-order valence-electron chi connectivity index (χ4n) is 1.58. The van der Waals surface area contributed by atoms with Crippen LogP contribution < -0.4 is 15.8 Å². The van der Waals surface area contributed by atoms with Crippen molar-refractivity contribution in [3.8, 4) is 5.88 Å². The molecule has 1 heterocycles. The lowest BCUT2D eigenvalue weighted by molar-refractivity contribution is -0.119. The van der Waals surface area contributed by atoms with Gasteiger partial charge in [0.1, 0.15) is 6.61 Å². The molecule has 0 aliphatic heterocycles. The second-order valence-corrected chi connectivity index (χ2v) is 4.99. The Kier molecular flexibility index (Phi) is 5.19. The quantitative estimate of drug-likeness (QED) is 0.815. The normalized spacial score (nSPS) is 12.1. The minimum Gasteiger partial charge on any atom is -0.471 e. The molecule has 0 aliphatic rings. The van der Waals surface area contributed by atoms with Crippen LogP contribution in [0.3, 0.4) is 0 Å². The highest BCUT2D eigenvalue weighted by molar-refractivity contribution is 6.30. The van der Waals surface area contributed by atoms with Gasteiger partial charge in [-0.3, -0.25) is 10.1 Å². The number of nitrogens with two attached hydrogens (primary N) is 1. The zero-order valence-corrected chi connectivity index (χ0v) is 12.3. The third-order valence-electron chi connectivity index (χ3n) is 2.82. The molecule has 0 radical (unpaired) electrons. The van der Waals surface area contributed by atoms with E-state index in [-0.39, 0.29) is 0 Å². The molecule has 2 rings (SSSR count). The first-order valence-electron chi connectivity index (χ1n) is 6.40. The molecule has 0 bridgehead atoms. The topological polar surface area (TPSA) is 90.4 Å². The molecule has 1 atom stereocenters. The molecule has 1 aromatic carbocycles. The number of aromatic nitrogens is 1. The summed E-state index contributed by atoms with van der Waals surface area (Å²) in [6.45, 7) is 2.37. The number of hydrogen-bond acceptors (Lipinski definition) is 5. The van der Waals surface area contributed by atoms with Gasteiger partial charge in [0.25, 0.3) is 5.88 Å². The molecule has 3 N–H and O–H groups in total. The highest BCUT2D eigenvalue weighted by Crippen LogP contribution is 2.15. The Bertz CT molecular complexity index is 615. The number of nitrogens with one attached hydrogen (secondary N) is 1. The van der Waals surface area contributed by atoms with Crippen molar-refractivity contribution < 1.29 is 14.1 Å². The van der Waals surface area contributed by atoms with E-state index in [1.165, 1.54) is 0 Å². The fraction of sp³-hybridized carbons (Fsp3) is 0.286. The molecular formula is C14H16ClN3O3. The number of amides is 1. The van der Waals surface area contributed by atoms with E-state index in [1.807, 2.05) is 18.2 Å². The summed E-state index contributed by atoms with van der Waals surface area (Å²) in [6.07, 6.45) is 0. The third kappa shape index (κ3) is 4.77. The van der Waals surface area contributed by atoms with Crippen molar-refractivity contribution in [1.82, 2.24) is 10.5 Å². The number of primary amides is 1. The predicted octanol–water partition coefficient (Wildman–Crippen LogP) is 1.87. The monoisotopic (exact) mass is 309 g/mol. The number of benzene rings is 1. The SMILES string of the molecule is C[C@H](NCc1cc(OCc2cccc(Cl)c2)no1)C(N)=O.